The largest absolute Gasteiger partial charge is 0.385 e. The minimum atomic E-state index is -0.936. The molecule has 1 fully saturated rings. The summed E-state index contributed by atoms with van der Waals surface area (Å²) in [4.78, 5) is 14.1. The lowest BCUT2D eigenvalue weighted by atomic mass is 9.97. The number of carbonyl (C=O) groups is 1. The Morgan fingerprint density at radius 1 is 1.65 bits per heavy atom. The van der Waals surface area contributed by atoms with Gasteiger partial charge in [0.1, 0.15) is 5.60 Å². The molecule has 1 aliphatic rings. The van der Waals surface area contributed by atoms with Crippen molar-refractivity contribution in [3.63, 3.8) is 0 Å². The predicted molar refractivity (Wildman–Crippen MR) is 80.4 cm³/mol. The van der Waals surface area contributed by atoms with Crippen molar-refractivity contribution in [2.75, 3.05) is 13.2 Å². The molecule has 1 saturated heterocycles. The molecule has 1 aromatic heterocycles. The standard InChI is InChI=1S/C15H23NO3S/c1-4-5-12-8-13(20-10(12)2)14(17)16-9-15(18)6-7-19-11(15)3/h8,11,18H,4-7,9H2,1-3H3,(H,16,17). The summed E-state index contributed by atoms with van der Waals surface area (Å²) in [6.07, 6.45) is 2.42. The molecular weight excluding hydrogens is 274 g/mol. The molecule has 1 aliphatic heterocycles. The third kappa shape index (κ3) is 3.22. The molecule has 0 aliphatic carbocycles. The van der Waals surface area contributed by atoms with Crippen LogP contribution in [0.3, 0.4) is 0 Å². The molecule has 2 atom stereocenters. The van der Waals surface area contributed by atoms with Crippen molar-refractivity contribution in [2.45, 2.75) is 51.7 Å². The highest BCUT2D eigenvalue weighted by Gasteiger charge is 2.39. The van der Waals surface area contributed by atoms with Crippen molar-refractivity contribution >= 4 is 17.2 Å². The lowest BCUT2D eigenvalue weighted by molar-refractivity contribution is -0.0251. The number of aliphatic hydroxyl groups is 1. The molecule has 0 radical (unpaired) electrons. The van der Waals surface area contributed by atoms with Gasteiger partial charge in [0.15, 0.2) is 0 Å². The Bertz CT molecular complexity index is 485. The summed E-state index contributed by atoms with van der Waals surface area (Å²) in [6, 6.07) is 1.97. The van der Waals surface area contributed by atoms with Crippen LogP contribution in [0.15, 0.2) is 6.07 Å². The highest BCUT2D eigenvalue weighted by molar-refractivity contribution is 7.14. The highest BCUT2D eigenvalue weighted by Crippen LogP contribution is 2.26. The van der Waals surface area contributed by atoms with Crippen LogP contribution in [-0.4, -0.2) is 35.9 Å². The molecule has 20 heavy (non-hydrogen) atoms. The maximum absolute atomic E-state index is 12.2. The quantitative estimate of drug-likeness (QED) is 0.876. The Morgan fingerprint density at radius 3 is 3.00 bits per heavy atom. The van der Waals surface area contributed by atoms with E-state index < -0.39 is 5.60 Å². The van der Waals surface area contributed by atoms with E-state index in [-0.39, 0.29) is 18.6 Å². The van der Waals surface area contributed by atoms with E-state index in [2.05, 4.69) is 12.2 Å². The molecule has 2 rings (SSSR count). The monoisotopic (exact) mass is 297 g/mol. The lowest BCUT2D eigenvalue weighted by Gasteiger charge is -2.25. The van der Waals surface area contributed by atoms with E-state index in [9.17, 15) is 9.90 Å². The number of rotatable bonds is 5. The molecule has 5 heteroatoms. The zero-order valence-corrected chi connectivity index (χ0v) is 13.2. The van der Waals surface area contributed by atoms with Crippen molar-refractivity contribution in [3.05, 3.63) is 21.4 Å². The minimum Gasteiger partial charge on any atom is -0.385 e. The average Bonchev–Trinajstić information content (AvgIpc) is 2.93. The van der Waals surface area contributed by atoms with Crippen molar-refractivity contribution in [2.24, 2.45) is 0 Å². The third-order valence-electron chi connectivity index (χ3n) is 3.98. The lowest BCUT2D eigenvalue weighted by Crippen LogP contribution is -2.47. The first-order valence-corrected chi connectivity index (χ1v) is 7.99. The highest BCUT2D eigenvalue weighted by atomic mass is 32.1. The second kappa shape index (κ2) is 6.24. The van der Waals surface area contributed by atoms with Crippen LogP contribution in [0.5, 0.6) is 0 Å². The van der Waals surface area contributed by atoms with Gasteiger partial charge >= 0.3 is 0 Å². The number of nitrogens with one attached hydrogen (secondary N) is 1. The normalized spacial score (nSPS) is 25.9. The van der Waals surface area contributed by atoms with Crippen LogP contribution in [0, 0.1) is 6.92 Å². The Morgan fingerprint density at radius 2 is 2.40 bits per heavy atom. The average molecular weight is 297 g/mol. The number of hydrogen-bond donors (Lipinski definition) is 2. The van der Waals surface area contributed by atoms with Gasteiger partial charge in [0.05, 0.1) is 11.0 Å². The number of thiophene rings is 1. The summed E-state index contributed by atoms with van der Waals surface area (Å²) in [5.41, 5.74) is 0.313. The van der Waals surface area contributed by atoms with Gasteiger partial charge in [-0.05, 0) is 31.9 Å². The number of aryl methyl sites for hydroxylation is 2. The Balaban J connectivity index is 1.96. The molecule has 2 N–H and O–H groups in total. The minimum absolute atomic E-state index is 0.104. The van der Waals surface area contributed by atoms with Crippen LogP contribution >= 0.6 is 11.3 Å². The van der Waals surface area contributed by atoms with E-state index in [0.29, 0.717) is 13.0 Å². The first kappa shape index (κ1) is 15.5. The smallest absolute Gasteiger partial charge is 0.261 e. The molecular formula is C15H23NO3S. The molecule has 2 unspecified atom stereocenters. The fraction of sp³-hybridized carbons (Fsp3) is 0.667. The van der Waals surface area contributed by atoms with Gasteiger partial charge in [-0.3, -0.25) is 4.79 Å². The van der Waals surface area contributed by atoms with E-state index in [0.717, 1.165) is 17.7 Å². The van der Waals surface area contributed by atoms with Crippen LogP contribution in [0.25, 0.3) is 0 Å². The van der Waals surface area contributed by atoms with Crippen molar-refractivity contribution < 1.29 is 14.6 Å². The SMILES string of the molecule is CCCc1cc(C(=O)NCC2(O)CCOC2C)sc1C. The second-order valence-electron chi connectivity index (χ2n) is 5.49. The van der Waals surface area contributed by atoms with Gasteiger partial charge in [0, 0.05) is 24.4 Å². The number of ether oxygens (including phenoxy) is 1. The van der Waals surface area contributed by atoms with Gasteiger partial charge in [-0.15, -0.1) is 11.3 Å². The van der Waals surface area contributed by atoms with Crippen LogP contribution in [0.1, 0.15) is 46.8 Å². The molecule has 0 aromatic carbocycles. The van der Waals surface area contributed by atoms with Crippen LogP contribution < -0.4 is 5.32 Å². The Hall–Kier alpha value is -0.910. The topological polar surface area (TPSA) is 58.6 Å². The maximum Gasteiger partial charge on any atom is 0.261 e. The van der Waals surface area contributed by atoms with E-state index in [1.54, 1.807) is 0 Å². The summed E-state index contributed by atoms with van der Waals surface area (Å²) < 4.78 is 5.36. The maximum atomic E-state index is 12.2. The van der Waals surface area contributed by atoms with Crippen molar-refractivity contribution in [3.8, 4) is 0 Å². The zero-order chi connectivity index (χ0) is 14.8. The first-order valence-electron chi connectivity index (χ1n) is 7.18. The Labute approximate surface area is 124 Å². The molecule has 0 bridgehead atoms. The third-order valence-corrected chi connectivity index (χ3v) is 5.07. The van der Waals surface area contributed by atoms with Crippen molar-refractivity contribution in [1.82, 2.24) is 5.32 Å². The van der Waals surface area contributed by atoms with E-state index in [4.69, 9.17) is 4.74 Å². The Kier molecular flexibility index (Phi) is 4.83. The summed E-state index contributed by atoms with van der Waals surface area (Å²) in [5, 5.41) is 13.2. The molecule has 0 saturated carbocycles. The first-order chi connectivity index (χ1) is 9.46. The van der Waals surface area contributed by atoms with Crippen LogP contribution in [0.2, 0.25) is 0 Å². The fourth-order valence-electron chi connectivity index (χ4n) is 2.47. The van der Waals surface area contributed by atoms with E-state index in [1.807, 2.05) is 19.9 Å². The zero-order valence-electron chi connectivity index (χ0n) is 12.4. The molecule has 0 spiro atoms. The van der Waals surface area contributed by atoms with Gasteiger partial charge in [-0.2, -0.15) is 0 Å². The number of carbonyl (C=O) groups excluding carboxylic acids is 1. The molecule has 1 amide bonds. The summed E-state index contributed by atoms with van der Waals surface area (Å²) >= 11 is 1.52. The second-order valence-corrected chi connectivity index (χ2v) is 6.75. The van der Waals surface area contributed by atoms with Crippen LogP contribution in [-0.2, 0) is 11.2 Å². The van der Waals surface area contributed by atoms with Gasteiger partial charge in [0.2, 0.25) is 0 Å². The number of hydrogen-bond acceptors (Lipinski definition) is 4. The molecule has 1 aromatic rings. The number of amides is 1. The molecule has 2 heterocycles. The predicted octanol–water partition coefficient (Wildman–Crippen LogP) is 2.28. The molecule has 112 valence electrons. The van der Waals surface area contributed by atoms with Crippen LogP contribution in [0.4, 0.5) is 0 Å². The van der Waals surface area contributed by atoms with E-state index >= 15 is 0 Å². The van der Waals surface area contributed by atoms with Crippen molar-refractivity contribution in [1.29, 1.82) is 0 Å². The summed E-state index contributed by atoms with van der Waals surface area (Å²) in [6.45, 7) is 6.81. The van der Waals surface area contributed by atoms with E-state index in [1.165, 1.54) is 21.8 Å². The van der Waals surface area contributed by atoms with Gasteiger partial charge < -0.3 is 15.2 Å². The van der Waals surface area contributed by atoms with Gasteiger partial charge in [-0.25, -0.2) is 0 Å². The van der Waals surface area contributed by atoms with Gasteiger partial charge in [0.25, 0.3) is 5.91 Å². The fourth-order valence-corrected chi connectivity index (χ4v) is 3.46. The molecule has 4 nitrogen and oxygen atoms in total. The van der Waals surface area contributed by atoms with Gasteiger partial charge in [-0.1, -0.05) is 13.3 Å². The summed E-state index contributed by atoms with van der Waals surface area (Å²) in [5.74, 6) is -0.104. The summed E-state index contributed by atoms with van der Waals surface area (Å²) in [7, 11) is 0.